The van der Waals surface area contributed by atoms with E-state index < -0.39 is 0 Å². The van der Waals surface area contributed by atoms with Gasteiger partial charge >= 0.3 is 5.97 Å². The third kappa shape index (κ3) is 2.78. The van der Waals surface area contributed by atoms with Crippen molar-refractivity contribution in [1.29, 1.82) is 0 Å². The Balaban J connectivity index is 2.83. The third-order valence-corrected chi connectivity index (χ3v) is 1.74. The molecule has 0 aliphatic carbocycles. The summed E-state index contributed by atoms with van der Waals surface area (Å²) in [6.07, 6.45) is 0.280. The minimum atomic E-state index is -0.245. The van der Waals surface area contributed by atoms with Crippen molar-refractivity contribution in [2.75, 3.05) is 12.8 Å². The summed E-state index contributed by atoms with van der Waals surface area (Å²) in [5, 5.41) is 0. The average Bonchev–Trinajstić information content (AvgIpc) is 2.02. The van der Waals surface area contributed by atoms with E-state index in [1.165, 1.54) is 7.11 Å². The Bertz CT molecular complexity index is 300. The molecule has 1 aromatic carbocycles. The van der Waals surface area contributed by atoms with Crippen LogP contribution in [-0.4, -0.2) is 13.1 Å². The molecule has 3 heteroatoms. The first-order valence-corrected chi connectivity index (χ1v) is 4.04. The SMILES string of the molecule is COC(=O)Cc1cc(C)cc(N)c1. The van der Waals surface area contributed by atoms with E-state index in [1.807, 2.05) is 19.1 Å². The summed E-state index contributed by atoms with van der Waals surface area (Å²) < 4.78 is 4.55. The predicted molar refractivity (Wildman–Crippen MR) is 51.3 cm³/mol. The average molecular weight is 179 g/mol. The van der Waals surface area contributed by atoms with Crippen molar-refractivity contribution in [2.24, 2.45) is 0 Å². The van der Waals surface area contributed by atoms with Gasteiger partial charge in [0.15, 0.2) is 0 Å². The van der Waals surface area contributed by atoms with E-state index in [2.05, 4.69) is 4.74 Å². The summed E-state index contributed by atoms with van der Waals surface area (Å²) in [5.74, 6) is -0.245. The van der Waals surface area contributed by atoms with Crippen LogP contribution in [0.1, 0.15) is 11.1 Å². The van der Waals surface area contributed by atoms with Crippen molar-refractivity contribution >= 4 is 11.7 Å². The number of hydrogen-bond acceptors (Lipinski definition) is 3. The molecule has 0 radical (unpaired) electrons. The van der Waals surface area contributed by atoms with Gasteiger partial charge < -0.3 is 10.5 Å². The molecule has 0 heterocycles. The molecule has 0 aliphatic heterocycles. The zero-order valence-electron chi connectivity index (χ0n) is 7.83. The van der Waals surface area contributed by atoms with Crippen molar-refractivity contribution in [2.45, 2.75) is 13.3 Å². The lowest BCUT2D eigenvalue weighted by Gasteiger charge is -2.03. The van der Waals surface area contributed by atoms with Gasteiger partial charge in [0.2, 0.25) is 0 Å². The van der Waals surface area contributed by atoms with E-state index >= 15 is 0 Å². The second kappa shape index (κ2) is 3.94. The van der Waals surface area contributed by atoms with Crippen LogP contribution in [0.5, 0.6) is 0 Å². The Kier molecular flexibility index (Phi) is 2.90. The number of carbonyl (C=O) groups excluding carboxylic acids is 1. The highest BCUT2D eigenvalue weighted by atomic mass is 16.5. The number of benzene rings is 1. The number of rotatable bonds is 2. The van der Waals surface area contributed by atoms with E-state index in [9.17, 15) is 4.79 Å². The van der Waals surface area contributed by atoms with Gasteiger partial charge in [-0.25, -0.2) is 0 Å². The molecule has 0 fully saturated rings. The lowest BCUT2D eigenvalue weighted by Crippen LogP contribution is -2.05. The van der Waals surface area contributed by atoms with Gasteiger partial charge in [0.25, 0.3) is 0 Å². The van der Waals surface area contributed by atoms with Gasteiger partial charge in [-0.2, -0.15) is 0 Å². The zero-order valence-corrected chi connectivity index (χ0v) is 7.83. The first-order chi connectivity index (χ1) is 6.11. The molecule has 0 amide bonds. The van der Waals surface area contributed by atoms with Crippen LogP contribution in [0.3, 0.4) is 0 Å². The van der Waals surface area contributed by atoms with E-state index in [0.717, 1.165) is 11.1 Å². The maximum Gasteiger partial charge on any atom is 0.309 e. The van der Waals surface area contributed by atoms with Gasteiger partial charge in [-0.1, -0.05) is 6.07 Å². The molecule has 0 saturated heterocycles. The maximum atomic E-state index is 10.9. The molecule has 70 valence electrons. The fourth-order valence-corrected chi connectivity index (χ4v) is 1.24. The highest BCUT2D eigenvalue weighted by molar-refractivity contribution is 5.72. The van der Waals surface area contributed by atoms with E-state index in [0.29, 0.717) is 5.69 Å². The quantitative estimate of drug-likeness (QED) is 0.549. The first-order valence-electron chi connectivity index (χ1n) is 4.04. The van der Waals surface area contributed by atoms with Gasteiger partial charge in [-0.15, -0.1) is 0 Å². The van der Waals surface area contributed by atoms with Gasteiger partial charge in [-0.05, 0) is 30.2 Å². The standard InChI is InChI=1S/C10H13NO2/c1-7-3-8(5-9(11)4-7)6-10(12)13-2/h3-5H,6,11H2,1-2H3. The lowest BCUT2D eigenvalue weighted by molar-refractivity contribution is -0.139. The van der Waals surface area contributed by atoms with E-state index in [1.54, 1.807) is 6.07 Å². The molecule has 0 atom stereocenters. The fourth-order valence-electron chi connectivity index (χ4n) is 1.24. The number of nitrogen functional groups attached to an aromatic ring is 1. The summed E-state index contributed by atoms with van der Waals surface area (Å²) >= 11 is 0. The summed E-state index contributed by atoms with van der Waals surface area (Å²) in [4.78, 5) is 10.9. The smallest absolute Gasteiger partial charge is 0.309 e. The van der Waals surface area contributed by atoms with E-state index in [-0.39, 0.29) is 12.4 Å². The lowest BCUT2D eigenvalue weighted by atomic mass is 10.1. The minimum absolute atomic E-state index is 0.245. The predicted octanol–water partition coefficient (Wildman–Crippen LogP) is 1.29. The second-order valence-corrected chi connectivity index (χ2v) is 3.00. The molecule has 1 aromatic rings. The van der Waals surface area contributed by atoms with Crippen molar-refractivity contribution < 1.29 is 9.53 Å². The Morgan fingerprint density at radius 1 is 1.46 bits per heavy atom. The van der Waals surface area contributed by atoms with Crippen molar-refractivity contribution in [1.82, 2.24) is 0 Å². The Morgan fingerprint density at radius 3 is 2.69 bits per heavy atom. The van der Waals surface area contributed by atoms with Crippen molar-refractivity contribution in [3.63, 3.8) is 0 Å². The topological polar surface area (TPSA) is 52.3 Å². The molecule has 1 rings (SSSR count). The number of ether oxygens (including phenoxy) is 1. The van der Waals surface area contributed by atoms with Crippen LogP contribution in [0.4, 0.5) is 5.69 Å². The molecule has 0 spiro atoms. The molecule has 0 bridgehead atoms. The Labute approximate surface area is 77.5 Å². The molecular formula is C10H13NO2. The van der Waals surface area contributed by atoms with Crippen LogP contribution < -0.4 is 5.73 Å². The van der Waals surface area contributed by atoms with Crippen LogP contribution >= 0.6 is 0 Å². The Morgan fingerprint density at radius 2 is 2.15 bits per heavy atom. The molecule has 2 N–H and O–H groups in total. The summed E-state index contributed by atoms with van der Waals surface area (Å²) in [6, 6.07) is 5.57. The van der Waals surface area contributed by atoms with Gasteiger partial charge in [0, 0.05) is 5.69 Å². The number of hydrogen-bond donors (Lipinski definition) is 1. The van der Waals surface area contributed by atoms with Crippen LogP contribution in [-0.2, 0) is 16.0 Å². The van der Waals surface area contributed by atoms with E-state index in [4.69, 9.17) is 5.73 Å². The molecule has 3 nitrogen and oxygen atoms in total. The van der Waals surface area contributed by atoms with Crippen LogP contribution in [0, 0.1) is 6.92 Å². The number of anilines is 1. The summed E-state index contributed by atoms with van der Waals surface area (Å²) in [6.45, 7) is 1.94. The molecule has 13 heavy (non-hydrogen) atoms. The zero-order chi connectivity index (χ0) is 9.84. The number of methoxy groups -OCH3 is 1. The molecule has 0 aromatic heterocycles. The van der Waals surface area contributed by atoms with Crippen molar-refractivity contribution in [3.05, 3.63) is 29.3 Å². The highest BCUT2D eigenvalue weighted by Gasteiger charge is 2.03. The van der Waals surface area contributed by atoms with Crippen LogP contribution in [0.25, 0.3) is 0 Å². The number of carbonyl (C=O) groups is 1. The second-order valence-electron chi connectivity index (χ2n) is 3.00. The summed E-state index contributed by atoms with van der Waals surface area (Å²) in [5.41, 5.74) is 8.25. The number of nitrogens with two attached hydrogens (primary N) is 1. The monoisotopic (exact) mass is 179 g/mol. The molecule has 0 aliphatic rings. The highest BCUT2D eigenvalue weighted by Crippen LogP contribution is 2.11. The van der Waals surface area contributed by atoms with Crippen LogP contribution in [0.15, 0.2) is 18.2 Å². The van der Waals surface area contributed by atoms with Gasteiger partial charge in [0.05, 0.1) is 13.5 Å². The van der Waals surface area contributed by atoms with Gasteiger partial charge in [-0.3, -0.25) is 4.79 Å². The Hall–Kier alpha value is -1.51. The first kappa shape index (κ1) is 9.58. The molecule has 0 saturated carbocycles. The normalized spacial score (nSPS) is 9.69. The van der Waals surface area contributed by atoms with Crippen molar-refractivity contribution in [3.8, 4) is 0 Å². The van der Waals surface area contributed by atoms with Crippen LogP contribution in [0.2, 0.25) is 0 Å². The summed E-state index contributed by atoms with van der Waals surface area (Å²) in [7, 11) is 1.38. The maximum absolute atomic E-state index is 10.9. The minimum Gasteiger partial charge on any atom is -0.469 e. The van der Waals surface area contributed by atoms with Gasteiger partial charge in [0.1, 0.15) is 0 Å². The molecule has 0 unspecified atom stereocenters. The number of aryl methyl sites for hydroxylation is 1. The third-order valence-electron chi connectivity index (χ3n) is 1.74. The number of esters is 1. The fraction of sp³-hybridized carbons (Fsp3) is 0.300. The molecular weight excluding hydrogens is 166 g/mol. The largest absolute Gasteiger partial charge is 0.469 e.